The van der Waals surface area contributed by atoms with Crippen molar-refractivity contribution < 1.29 is 13.2 Å². The van der Waals surface area contributed by atoms with E-state index in [0.29, 0.717) is 0 Å². The van der Waals surface area contributed by atoms with Crippen LogP contribution in [0, 0.1) is 18.3 Å². The van der Waals surface area contributed by atoms with Crippen LogP contribution in [0.2, 0.25) is 0 Å². The topological polar surface area (TPSA) is 63.2 Å². The number of nitrogens with one attached hydrogen (secondary N) is 1. The number of amides is 1. The van der Waals surface area contributed by atoms with E-state index in [0.717, 1.165) is 18.4 Å². The highest BCUT2D eigenvalue weighted by Gasteiger charge is 2.28. The molecular weight excluding hydrogens is 310 g/mol. The third kappa shape index (κ3) is 6.18. The smallest absolute Gasteiger partial charge is 0.264 e. The molecule has 0 aliphatic heterocycles. The maximum Gasteiger partial charge on any atom is 0.264 e. The van der Waals surface area contributed by atoms with Gasteiger partial charge >= 0.3 is 0 Å². The standard InChI is InChI=1S/C18H27NO3S/c1-6-7-8-15(18(3,4)5)13-17(20)19-23(21,22)16-11-9-14(2)10-12-16/h6,9-12,15H,1,7-8,13H2,2-5H3,(H,19,20). The molecule has 0 aliphatic carbocycles. The van der Waals surface area contributed by atoms with Crippen LogP contribution in [0.3, 0.4) is 0 Å². The van der Waals surface area contributed by atoms with Gasteiger partial charge in [0, 0.05) is 6.42 Å². The fourth-order valence-corrected chi connectivity index (χ4v) is 3.35. The van der Waals surface area contributed by atoms with Gasteiger partial charge in [0.05, 0.1) is 4.90 Å². The van der Waals surface area contributed by atoms with Crippen LogP contribution in [0.5, 0.6) is 0 Å². The van der Waals surface area contributed by atoms with Gasteiger partial charge in [-0.05, 0) is 43.2 Å². The quantitative estimate of drug-likeness (QED) is 0.769. The third-order valence-electron chi connectivity index (χ3n) is 3.96. The zero-order valence-electron chi connectivity index (χ0n) is 14.4. The molecule has 1 aromatic carbocycles. The van der Waals surface area contributed by atoms with Crippen LogP contribution in [-0.2, 0) is 14.8 Å². The highest BCUT2D eigenvalue weighted by molar-refractivity contribution is 7.90. The van der Waals surface area contributed by atoms with Crippen molar-refractivity contribution in [1.29, 1.82) is 0 Å². The zero-order chi connectivity index (χ0) is 17.7. The number of rotatable bonds is 7. The highest BCUT2D eigenvalue weighted by Crippen LogP contribution is 2.32. The van der Waals surface area contributed by atoms with Crippen molar-refractivity contribution in [3.8, 4) is 0 Å². The van der Waals surface area contributed by atoms with Gasteiger partial charge in [0.25, 0.3) is 10.0 Å². The molecule has 1 N–H and O–H groups in total. The number of carbonyl (C=O) groups excluding carboxylic acids is 1. The molecule has 4 nitrogen and oxygen atoms in total. The summed E-state index contributed by atoms with van der Waals surface area (Å²) in [5.41, 5.74) is 0.890. The Labute approximate surface area is 140 Å². The molecule has 1 unspecified atom stereocenters. The molecule has 5 heteroatoms. The number of hydrogen-bond donors (Lipinski definition) is 1. The summed E-state index contributed by atoms with van der Waals surface area (Å²) in [7, 11) is -3.81. The second kappa shape index (κ2) is 7.77. The fraction of sp³-hybridized carbons (Fsp3) is 0.500. The molecule has 0 saturated heterocycles. The maximum atomic E-state index is 12.3. The van der Waals surface area contributed by atoms with Crippen LogP contribution in [0.25, 0.3) is 0 Å². The summed E-state index contributed by atoms with van der Waals surface area (Å²) in [6.07, 6.45) is 3.62. The Morgan fingerprint density at radius 1 is 1.26 bits per heavy atom. The summed E-state index contributed by atoms with van der Waals surface area (Å²) in [6, 6.07) is 6.43. The van der Waals surface area contributed by atoms with Gasteiger partial charge in [0.1, 0.15) is 0 Å². The van der Waals surface area contributed by atoms with E-state index in [2.05, 4.69) is 32.1 Å². The van der Waals surface area contributed by atoms with Crippen molar-refractivity contribution in [3.63, 3.8) is 0 Å². The summed E-state index contributed by atoms with van der Waals surface area (Å²) < 4.78 is 26.7. The molecule has 0 saturated carbocycles. The Hall–Kier alpha value is -1.62. The molecule has 1 aromatic rings. The summed E-state index contributed by atoms with van der Waals surface area (Å²) in [5.74, 6) is -0.372. The monoisotopic (exact) mass is 337 g/mol. The minimum absolute atomic E-state index is 0.0754. The molecule has 0 spiro atoms. The largest absolute Gasteiger partial charge is 0.274 e. The maximum absolute atomic E-state index is 12.3. The van der Waals surface area contributed by atoms with Crippen molar-refractivity contribution in [3.05, 3.63) is 42.5 Å². The minimum atomic E-state index is -3.81. The molecule has 0 radical (unpaired) electrons. The molecule has 0 heterocycles. The average molecular weight is 337 g/mol. The van der Waals surface area contributed by atoms with Crippen molar-refractivity contribution in [2.24, 2.45) is 11.3 Å². The van der Waals surface area contributed by atoms with Crippen molar-refractivity contribution in [2.75, 3.05) is 0 Å². The Morgan fingerprint density at radius 3 is 2.30 bits per heavy atom. The molecule has 0 fully saturated rings. The number of carbonyl (C=O) groups is 1. The summed E-state index contributed by atoms with van der Waals surface area (Å²) in [6.45, 7) is 11.8. The number of allylic oxidation sites excluding steroid dienone is 1. The molecule has 0 aromatic heterocycles. The first-order valence-corrected chi connectivity index (χ1v) is 9.28. The normalized spacial score (nSPS) is 13.4. The van der Waals surface area contributed by atoms with Gasteiger partial charge < -0.3 is 0 Å². The first kappa shape index (κ1) is 19.4. The van der Waals surface area contributed by atoms with E-state index in [9.17, 15) is 13.2 Å². The van der Waals surface area contributed by atoms with Gasteiger partial charge in [0.15, 0.2) is 0 Å². The first-order valence-electron chi connectivity index (χ1n) is 7.79. The summed E-state index contributed by atoms with van der Waals surface area (Å²) in [4.78, 5) is 12.3. The third-order valence-corrected chi connectivity index (χ3v) is 5.34. The minimum Gasteiger partial charge on any atom is -0.274 e. The van der Waals surface area contributed by atoms with Gasteiger partial charge in [-0.2, -0.15) is 0 Å². The van der Waals surface area contributed by atoms with Gasteiger partial charge in [-0.1, -0.05) is 44.5 Å². The van der Waals surface area contributed by atoms with Crippen molar-refractivity contribution in [1.82, 2.24) is 4.72 Å². The molecule has 0 bridgehead atoms. The number of benzene rings is 1. The second-order valence-electron chi connectivity index (χ2n) is 6.97. The second-order valence-corrected chi connectivity index (χ2v) is 8.66. The Kier molecular flexibility index (Phi) is 6.57. The molecule has 1 atom stereocenters. The van der Waals surface area contributed by atoms with Crippen LogP contribution < -0.4 is 4.72 Å². The Balaban J connectivity index is 2.80. The van der Waals surface area contributed by atoms with Crippen molar-refractivity contribution in [2.45, 2.75) is 51.9 Å². The summed E-state index contributed by atoms with van der Waals surface area (Å²) >= 11 is 0. The van der Waals surface area contributed by atoms with E-state index in [-0.39, 0.29) is 22.6 Å². The van der Waals surface area contributed by atoms with Gasteiger partial charge in [-0.15, -0.1) is 6.58 Å². The number of aryl methyl sites for hydroxylation is 1. The van der Waals surface area contributed by atoms with Crippen LogP contribution in [0.1, 0.15) is 45.6 Å². The predicted octanol–water partition coefficient (Wildman–Crippen LogP) is 3.82. The number of hydrogen-bond acceptors (Lipinski definition) is 3. The molecule has 1 rings (SSSR count). The van der Waals surface area contributed by atoms with E-state index in [1.54, 1.807) is 12.1 Å². The molecular formula is C18H27NO3S. The molecule has 23 heavy (non-hydrogen) atoms. The lowest BCUT2D eigenvalue weighted by molar-refractivity contribution is -0.121. The van der Waals surface area contributed by atoms with Crippen LogP contribution in [-0.4, -0.2) is 14.3 Å². The SMILES string of the molecule is C=CCCC(CC(=O)NS(=O)(=O)c1ccc(C)cc1)C(C)(C)C. The van der Waals surface area contributed by atoms with E-state index in [1.165, 1.54) is 12.1 Å². The Bertz CT molecular complexity index is 640. The van der Waals surface area contributed by atoms with Crippen molar-refractivity contribution >= 4 is 15.9 Å². The van der Waals surface area contributed by atoms with E-state index >= 15 is 0 Å². The predicted molar refractivity (Wildman–Crippen MR) is 93.5 cm³/mol. The lowest BCUT2D eigenvalue weighted by Crippen LogP contribution is -2.34. The van der Waals surface area contributed by atoms with E-state index < -0.39 is 15.9 Å². The molecule has 0 aliphatic rings. The van der Waals surface area contributed by atoms with Crippen LogP contribution >= 0.6 is 0 Å². The van der Waals surface area contributed by atoms with Crippen LogP contribution in [0.4, 0.5) is 0 Å². The molecule has 128 valence electrons. The van der Waals surface area contributed by atoms with E-state index in [4.69, 9.17) is 0 Å². The summed E-state index contributed by atoms with van der Waals surface area (Å²) in [5, 5.41) is 0. The zero-order valence-corrected chi connectivity index (χ0v) is 15.2. The Morgan fingerprint density at radius 2 is 1.83 bits per heavy atom. The van der Waals surface area contributed by atoms with Gasteiger partial charge in [-0.25, -0.2) is 13.1 Å². The van der Waals surface area contributed by atoms with Gasteiger partial charge in [0.2, 0.25) is 5.91 Å². The lowest BCUT2D eigenvalue weighted by Gasteiger charge is -2.30. The average Bonchev–Trinajstić information content (AvgIpc) is 2.42. The van der Waals surface area contributed by atoms with Gasteiger partial charge in [-0.3, -0.25) is 4.79 Å². The lowest BCUT2D eigenvalue weighted by atomic mass is 9.76. The first-order chi connectivity index (χ1) is 10.6. The fourth-order valence-electron chi connectivity index (χ4n) is 2.35. The highest BCUT2D eigenvalue weighted by atomic mass is 32.2. The molecule has 1 amide bonds. The number of sulfonamides is 1. The van der Waals surface area contributed by atoms with Crippen LogP contribution in [0.15, 0.2) is 41.8 Å². The van der Waals surface area contributed by atoms with E-state index in [1.807, 2.05) is 13.0 Å².